The fourth-order valence-electron chi connectivity index (χ4n) is 2.81. The molecule has 2 rings (SSSR count). The normalized spacial score (nSPS) is 41.3. The van der Waals surface area contributed by atoms with Gasteiger partial charge in [-0.1, -0.05) is 38.5 Å². The van der Waals surface area contributed by atoms with Crippen LogP contribution < -0.4 is 0 Å². The van der Waals surface area contributed by atoms with E-state index in [-0.39, 0.29) is 0 Å². The number of ether oxygens (including phenoxy) is 1. The second-order valence-electron chi connectivity index (χ2n) is 5.86. The molecule has 0 aliphatic carbocycles. The van der Waals surface area contributed by atoms with Gasteiger partial charge in [-0.25, -0.2) is 0 Å². The van der Waals surface area contributed by atoms with Crippen molar-refractivity contribution in [3.63, 3.8) is 0 Å². The minimum Gasteiger partial charge on any atom is -0.313 e. The third kappa shape index (κ3) is 3.94. The maximum atomic E-state index is 6.01. The quantitative estimate of drug-likeness (QED) is 0.592. The first kappa shape index (κ1) is 13.3. The van der Waals surface area contributed by atoms with Crippen molar-refractivity contribution in [2.24, 2.45) is 0 Å². The SMILES string of the molecule is C[C@]12CCCCCCCCCC[C@](C)(OO1)O2. The van der Waals surface area contributed by atoms with Gasteiger partial charge in [-0.3, -0.25) is 0 Å². The Kier molecular flexibility index (Phi) is 4.45. The molecule has 0 unspecified atom stereocenters. The summed E-state index contributed by atoms with van der Waals surface area (Å²) in [6, 6.07) is 0. The molecule has 0 radical (unpaired) electrons. The van der Waals surface area contributed by atoms with Crippen molar-refractivity contribution in [1.82, 2.24) is 0 Å². The first-order valence-electron chi connectivity index (χ1n) is 7.19. The van der Waals surface area contributed by atoms with Crippen molar-refractivity contribution in [3.05, 3.63) is 0 Å². The highest BCUT2D eigenvalue weighted by atomic mass is 17.3. The van der Waals surface area contributed by atoms with Crippen molar-refractivity contribution < 1.29 is 14.5 Å². The van der Waals surface area contributed by atoms with E-state index in [0.717, 1.165) is 25.7 Å². The molecule has 0 spiro atoms. The number of hydrogen-bond donors (Lipinski definition) is 0. The van der Waals surface area contributed by atoms with E-state index in [0.29, 0.717) is 0 Å². The molecule has 3 heteroatoms. The summed E-state index contributed by atoms with van der Waals surface area (Å²) >= 11 is 0. The van der Waals surface area contributed by atoms with E-state index in [1.807, 2.05) is 13.8 Å². The van der Waals surface area contributed by atoms with Gasteiger partial charge in [0.05, 0.1) is 0 Å². The summed E-state index contributed by atoms with van der Waals surface area (Å²) in [4.78, 5) is 10.9. The van der Waals surface area contributed by atoms with Gasteiger partial charge in [0, 0.05) is 12.8 Å². The zero-order valence-electron chi connectivity index (χ0n) is 11.3. The lowest BCUT2D eigenvalue weighted by Gasteiger charge is -2.24. The fraction of sp³-hybridized carbons (Fsp3) is 1.00. The minimum atomic E-state index is -0.525. The number of rotatable bonds is 0. The topological polar surface area (TPSA) is 27.7 Å². The Labute approximate surface area is 105 Å². The van der Waals surface area contributed by atoms with Crippen molar-refractivity contribution >= 4 is 0 Å². The van der Waals surface area contributed by atoms with E-state index in [1.54, 1.807) is 0 Å². The van der Waals surface area contributed by atoms with Crippen LogP contribution >= 0.6 is 0 Å². The zero-order valence-corrected chi connectivity index (χ0v) is 11.3. The highest BCUT2D eigenvalue weighted by molar-refractivity contribution is 4.74. The van der Waals surface area contributed by atoms with Crippen molar-refractivity contribution in [1.29, 1.82) is 0 Å². The summed E-state index contributed by atoms with van der Waals surface area (Å²) in [6.07, 6.45) is 12.2. The molecule has 3 nitrogen and oxygen atoms in total. The zero-order chi connectivity index (χ0) is 12.2. The second kappa shape index (κ2) is 5.68. The van der Waals surface area contributed by atoms with Gasteiger partial charge in [-0.2, -0.15) is 9.78 Å². The van der Waals surface area contributed by atoms with Crippen LogP contribution in [-0.2, 0) is 14.5 Å². The molecule has 2 aliphatic rings. The van der Waals surface area contributed by atoms with Gasteiger partial charge in [0.1, 0.15) is 0 Å². The minimum absolute atomic E-state index is 0.525. The highest BCUT2D eigenvalue weighted by Gasteiger charge is 2.46. The predicted octanol–water partition coefficient (Wildman–Crippen LogP) is 4.31. The summed E-state index contributed by atoms with van der Waals surface area (Å²) in [5.74, 6) is -1.05. The van der Waals surface area contributed by atoms with Crippen LogP contribution in [0.5, 0.6) is 0 Å². The number of hydrogen-bond acceptors (Lipinski definition) is 3. The van der Waals surface area contributed by atoms with Gasteiger partial charge in [0.25, 0.3) is 0 Å². The van der Waals surface area contributed by atoms with Gasteiger partial charge in [0.15, 0.2) is 0 Å². The van der Waals surface area contributed by atoms with Crippen molar-refractivity contribution in [3.8, 4) is 0 Å². The van der Waals surface area contributed by atoms with Crippen LogP contribution in [0.4, 0.5) is 0 Å². The Balaban J connectivity index is 1.91. The Morgan fingerprint density at radius 2 is 0.941 bits per heavy atom. The molecule has 0 amide bonds. The van der Waals surface area contributed by atoms with Crippen LogP contribution in [0.1, 0.15) is 78.1 Å². The van der Waals surface area contributed by atoms with E-state index >= 15 is 0 Å². The van der Waals surface area contributed by atoms with Crippen LogP contribution in [0.3, 0.4) is 0 Å². The van der Waals surface area contributed by atoms with E-state index in [2.05, 4.69) is 0 Å². The fourth-order valence-corrected chi connectivity index (χ4v) is 2.81. The molecule has 100 valence electrons. The summed E-state index contributed by atoms with van der Waals surface area (Å²) in [7, 11) is 0. The Bertz CT molecular complexity index is 220. The van der Waals surface area contributed by atoms with Gasteiger partial charge in [0.2, 0.25) is 11.6 Å². The van der Waals surface area contributed by atoms with Gasteiger partial charge < -0.3 is 4.74 Å². The molecule has 2 aliphatic heterocycles. The summed E-state index contributed by atoms with van der Waals surface area (Å²) in [5, 5.41) is 0. The highest BCUT2D eigenvalue weighted by Crippen LogP contribution is 2.39. The van der Waals surface area contributed by atoms with Crippen LogP contribution in [-0.4, -0.2) is 11.6 Å². The monoisotopic (exact) mass is 242 g/mol. The first-order chi connectivity index (χ1) is 8.12. The molecule has 17 heavy (non-hydrogen) atoms. The standard InChI is InChI=1S/C14H26O3/c1-13-11-9-7-5-3-4-6-8-10-12-14(2,15-13)17-16-13/h3-12H2,1-2H3/t13-,14+. The van der Waals surface area contributed by atoms with Crippen molar-refractivity contribution in [2.75, 3.05) is 0 Å². The number of fused-ring (bicyclic) bond motifs is 2. The molecule has 2 bridgehead atoms. The Morgan fingerprint density at radius 3 is 1.35 bits per heavy atom. The molecule has 0 aromatic rings. The van der Waals surface area contributed by atoms with E-state index < -0.39 is 11.6 Å². The molecule has 2 saturated heterocycles. The van der Waals surface area contributed by atoms with E-state index in [4.69, 9.17) is 14.5 Å². The van der Waals surface area contributed by atoms with E-state index in [9.17, 15) is 0 Å². The molecule has 0 N–H and O–H groups in total. The van der Waals surface area contributed by atoms with Crippen LogP contribution in [0.15, 0.2) is 0 Å². The van der Waals surface area contributed by atoms with Crippen LogP contribution in [0, 0.1) is 0 Å². The Morgan fingerprint density at radius 1 is 0.588 bits per heavy atom. The Hall–Kier alpha value is -0.120. The van der Waals surface area contributed by atoms with Gasteiger partial charge >= 0.3 is 0 Å². The predicted molar refractivity (Wildman–Crippen MR) is 66.2 cm³/mol. The van der Waals surface area contributed by atoms with Gasteiger partial charge in [-0.15, -0.1) is 0 Å². The molecule has 0 saturated carbocycles. The third-order valence-corrected chi connectivity index (χ3v) is 3.84. The summed E-state index contributed by atoms with van der Waals surface area (Å²) in [6.45, 7) is 4.00. The average molecular weight is 242 g/mol. The molecule has 2 heterocycles. The summed E-state index contributed by atoms with van der Waals surface area (Å²) < 4.78 is 6.01. The average Bonchev–Trinajstić information content (AvgIpc) is 2.59. The third-order valence-electron chi connectivity index (χ3n) is 3.84. The smallest absolute Gasteiger partial charge is 0.202 e. The maximum Gasteiger partial charge on any atom is 0.202 e. The molecule has 2 atom stereocenters. The van der Waals surface area contributed by atoms with Crippen molar-refractivity contribution in [2.45, 2.75) is 89.6 Å². The molecular weight excluding hydrogens is 216 g/mol. The lowest BCUT2D eigenvalue weighted by Crippen LogP contribution is -2.32. The maximum absolute atomic E-state index is 6.01. The molecule has 2 fully saturated rings. The summed E-state index contributed by atoms with van der Waals surface area (Å²) in [5.41, 5.74) is 0. The molecular formula is C14H26O3. The lowest BCUT2D eigenvalue weighted by molar-refractivity contribution is -0.346. The van der Waals surface area contributed by atoms with Crippen LogP contribution in [0.2, 0.25) is 0 Å². The second-order valence-corrected chi connectivity index (χ2v) is 5.86. The molecule has 0 aromatic carbocycles. The van der Waals surface area contributed by atoms with E-state index in [1.165, 1.54) is 38.5 Å². The first-order valence-corrected chi connectivity index (χ1v) is 7.19. The largest absolute Gasteiger partial charge is 0.313 e. The lowest BCUT2D eigenvalue weighted by atomic mass is 10.0. The molecule has 0 aromatic heterocycles. The van der Waals surface area contributed by atoms with Gasteiger partial charge in [-0.05, 0) is 26.7 Å². The van der Waals surface area contributed by atoms with Crippen LogP contribution in [0.25, 0.3) is 0 Å².